The lowest BCUT2D eigenvalue weighted by molar-refractivity contribution is -0.384. The predicted molar refractivity (Wildman–Crippen MR) is 58.7 cm³/mol. The third-order valence-corrected chi connectivity index (χ3v) is 2.17. The predicted octanol–water partition coefficient (Wildman–Crippen LogP) is 1.73. The van der Waals surface area contributed by atoms with Crippen molar-refractivity contribution >= 4 is 17.4 Å². The Morgan fingerprint density at radius 3 is 2.24 bits per heavy atom. The van der Waals surface area contributed by atoms with Gasteiger partial charge in [0, 0.05) is 12.1 Å². The smallest absolute Gasteiger partial charge is 0.338 e. The minimum absolute atomic E-state index is 0.110. The number of non-ortho nitro benzene ring substituents is 1. The molecule has 0 radical (unpaired) electrons. The van der Waals surface area contributed by atoms with Gasteiger partial charge in [0.05, 0.1) is 10.5 Å². The first-order chi connectivity index (χ1) is 7.91. The van der Waals surface area contributed by atoms with Crippen LogP contribution in [0.4, 0.5) is 5.69 Å². The molecule has 0 heterocycles. The van der Waals surface area contributed by atoms with Crippen LogP contribution in [-0.4, -0.2) is 22.8 Å². The number of carbonyl (C=O) groups excluding carboxylic acids is 2. The third-order valence-electron chi connectivity index (χ3n) is 2.17. The molecule has 0 amide bonds. The molecule has 0 aliphatic carbocycles. The summed E-state index contributed by atoms with van der Waals surface area (Å²) in [6.07, 6.45) is -0.822. The van der Waals surface area contributed by atoms with Crippen LogP contribution in [0.1, 0.15) is 24.2 Å². The van der Waals surface area contributed by atoms with E-state index in [-0.39, 0.29) is 17.0 Å². The molecule has 0 saturated heterocycles. The third kappa shape index (κ3) is 3.37. The van der Waals surface area contributed by atoms with E-state index in [2.05, 4.69) is 0 Å². The Bertz CT molecular complexity index is 451. The van der Waals surface area contributed by atoms with Crippen molar-refractivity contribution in [1.29, 1.82) is 0 Å². The van der Waals surface area contributed by atoms with Gasteiger partial charge in [-0.1, -0.05) is 0 Å². The summed E-state index contributed by atoms with van der Waals surface area (Å²) in [4.78, 5) is 32.2. The van der Waals surface area contributed by atoms with Crippen LogP contribution in [-0.2, 0) is 9.53 Å². The number of benzene rings is 1. The van der Waals surface area contributed by atoms with Crippen molar-refractivity contribution in [3.8, 4) is 0 Å². The number of nitro groups is 1. The summed E-state index contributed by atoms with van der Waals surface area (Å²) in [5.74, 6) is -0.942. The molecule has 6 nitrogen and oxygen atoms in total. The van der Waals surface area contributed by atoms with Gasteiger partial charge in [-0.25, -0.2) is 4.79 Å². The van der Waals surface area contributed by atoms with E-state index in [4.69, 9.17) is 4.74 Å². The van der Waals surface area contributed by atoms with Gasteiger partial charge in [0.1, 0.15) is 0 Å². The summed E-state index contributed by atoms with van der Waals surface area (Å²) in [5.41, 5.74) is 0.0601. The number of hydrogen-bond donors (Lipinski definition) is 0. The number of carbonyl (C=O) groups is 2. The second-order valence-electron chi connectivity index (χ2n) is 3.46. The van der Waals surface area contributed by atoms with Crippen LogP contribution in [0.25, 0.3) is 0 Å². The first kappa shape index (κ1) is 12.8. The van der Waals surface area contributed by atoms with Crippen LogP contribution in [0.5, 0.6) is 0 Å². The van der Waals surface area contributed by atoms with Crippen LogP contribution in [0.2, 0.25) is 0 Å². The average molecular weight is 237 g/mol. The summed E-state index contributed by atoms with van der Waals surface area (Å²) >= 11 is 0. The van der Waals surface area contributed by atoms with Crippen LogP contribution in [0, 0.1) is 10.1 Å². The molecule has 0 aliphatic heterocycles. The Balaban J connectivity index is 2.77. The maximum atomic E-state index is 11.5. The first-order valence-corrected chi connectivity index (χ1v) is 4.87. The average Bonchev–Trinajstić information content (AvgIpc) is 2.28. The Kier molecular flexibility index (Phi) is 3.92. The topological polar surface area (TPSA) is 86.5 Å². The number of nitrogens with zero attached hydrogens (tertiary/aromatic N) is 1. The zero-order valence-electron chi connectivity index (χ0n) is 9.38. The maximum absolute atomic E-state index is 11.5. The van der Waals surface area contributed by atoms with Crippen LogP contribution in [0.3, 0.4) is 0 Å². The number of rotatable bonds is 4. The highest BCUT2D eigenvalue weighted by atomic mass is 16.6. The number of Topliss-reactive ketones (excluding diaryl/α,β-unsaturated/α-hetero) is 1. The molecule has 0 unspecified atom stereocenters. The molecule has 17 heavy (non-hydrogen) atoms. The monoisotopic (exact) mass is 237 g/mol. The van der Waals surface area contributed by atoms with Crippen molar-refractivity contribution in [2.24, 2.45) is 0 Å². The van der Waals surface area contributed by atoms with Gasteiger partial charge in [-0.15, -0.1) is 0 Å². The largest absolute Gasteiger partial charge is 0.451 e. The van der Waals surface area contributed by atoms with Crippen LogP contribution >= 0.6 is 0 Å². The van der Waals surface area contributed by atoms with Gasteiger partial charge in [-0.05, 0) is 26.0 Å². The molecule has 90 valence electrons. The van der Waals surface area contributed by atoms with Gasteiger partial charge in [0.2, 0.25) is 0 Å². The molecule has 0 aliphatic rings. The second kappa shape index (κ2) is 5.20. The van der Waals surface area contributed by atoms with E-state index in [0.717, 1.165) is 0 Å². The lowest BCUT2D eigenvalue weighted by Gasteiger charge is -2.09. The number of ether oxygens (including phenoxy) is 1. The van der Waals surface area contributed by atoms with Crippen molar-refractivity contribution in [3.63, 3.8) is 0 Å². The minimum Gasteiger partial charge on any atom is -0.451 e. The van der Waals surface area contributed by atoms with Crippen molar-refractivity contribution in [2.75, 3.05) is 0 Å². The summed E-state index contributed by atoms with van der Waals surface area (Å²) in [5, 5.41) is 10.4. The van der Waals surface area contributed by atoms with Gasteiger partial charge < -0.3 is 4.74 Å². The first-order valence-electron chi connectivity index (χ1n) is 4.87. The minimum atomic E-state index is -0.822. The Morgan fingerprint density at radius 2 is 1.82 bits per heavy atom. The van der Waals surface area contributed by atoms with Crippen molar-refractivity contribution in [3.05, 3.63) is 39.9 Å². The zero-order chi connectivity index (χ0) is 13.0. The Morgan fingerprint density at radius 1 is 1.29 bits per heavy atom. The number of hydrogen-bond acceptors (Lipinski definition) is 5. The fraction of sp³-hybridized carbons (Fsp3) is 0.273. The Hall–Kier alpha value is -2.24. The lowest BCUT2D eigenvalue weighted by atomic mass is 10.2. The highest BCUT2D eigenvalue weighted by molar-refractivity contribution is 5.92. The molecule has 0 spiro atoms. The highest BCUT2D eigenvalue weighted by Gasteiger charge is 2.16. The molecule has 0 aromatic heterocycles. The number of esters is 1. The van der Waals surface area contributed by atoms with E-state index in [1.807, 2.05) is 0 Å². The molecule has 0 N–H and O–H groups in total. The molecular weight excluding hydrogens is 226 g/mol. The van der Waals surface area contributed by atoms with Gasteiger partial charge >= 0.3 is 5.97 Å². The molecule has 0 fully saturated rings. The fourth-order valence-electron chi connectivity index (χ4n) is 1.03. The van der Waals surface area contributed by atoms with Crippen LogP contribution < -0.4 is 0 Å². The molecule has 6 heteroatoms. The molecule has 1 rings (SSSR count). The maximum Gasteiger partial charge on any atom is 0.338 e. The van der Waals surface area contributed by atoms with E-state index < -0.39 is 17.0 Å². The normalized spacial score (nSPS) is 11.6. The van der Waals surface area contributed by atoms with Gasteiger partial charge in [-0.2, -0.15) is 0 Å². The molecule has 1 aromatic carbocycles. The van der Waals surface area contributed by atoms with Gasteiger partial charge in [-0.3, -0.25) is 14.9 Å². The Labute approximate surface area is 97.3 Å². The van der Waals surface area contributed by atoms with Crippen LogP contribution in [0.15, 0.2) is 24.3 Å². The molecule has 1 atom stereocenters. The van der Waals surface area contributed by atoms with Crippen molar-refractivity contribution in [2.45, 2.75) is 20.0 Å². The highest BCUT2D eigenvalue weighted by Crippen LogP contribution is 2.13. The van der Waals surface area contributed by atoms with Crippen molar-refractivity contribution in [1.82, 2.24) is 0 Å². The molecular formula is C11H11NO5. The number of ketones is 1. The van der Waals surface area contributed by atoms with Crippen molar-refractivity contribution < 1.29 is 19.2 Å². The standard InChI is InChI=1S/C11H11NO5/c1-7(13)8(2)17-11(14)9-3-5-10(6-4-9)12(15)16/h3-6,8H,1-2H3/t8-/m0/s1. The van der Waals surface area contributed by atoms with Gasteiger partial charge in [0.15, 0.2) is 11.9 Å². The SMILES string of the molecule is CC(=O)[C@H](C)OC(=O)c1ccc([N+](=O)[O-])cc1. The van der Waals surface area contributed by atoms with E-state index in [1.54, 1.807) is 0 Å². The number of nitro benzene ring substituents is 1. The fourth-order valence-corrected chi connectivity index (χ4v) is 1.03. The van der Waals surface area contributed by atoms with E-state index in [9.17, 15) is 19.7 Å². The van der Waals surface area contributed by atoms with Gasteiger partial charge in [0.25, 0.3) is 5.69 Å². The molecule has 0 bridgehead atoms. The quantitative estimate of drug-likeness (QED) is 0.452. The van der Waals surface area contributed by atoms with E-state index in [1.165, 1.54) is 38.1 Å². The lowest BCUT2D eigenvalue weighted by Crippen LogP contribution is -2.21. The zero-order valence-corrected chi connectivity index (χ0v) is 9.38. The summed E-state index contributed by atoms with van der Waals surface area (Å²) in [7, 11) is 0. The molecule has 0 saturated carbocycles. The summed E-state index contributed by atoms with van der Waals surface area (Å²) in [6, 6.07) is 4.98. The summed E-state index contributed by atoms with van der Waals surface area (Å²) in [6.45, 7) is 2.78. The summed E-state index contributed by atoms with van der Waals surface area (Å²) < 4.78 is 4.84. The second-order valence-corrected chi connectivity index (χ2v) is 3.46. The molecule has 1 aromatic rings. The van der Waals surface area contributed by atoms with E-state index in [0.29, 0.717) is 0 Å². The van der Waals surface area contributed by atoms with E-state index >= 15 is 0 Å².